The van der Waals surface area contributed by atoms with E-state index in [4.69, 9.17) is 9.47 Å². The van der Waals surface area contributed by atoms with Gasteiger partial charge in [0.25, 0.3) is 5.91 Å². The maximum Gasteiger partial charge on any atom is 0.387 e. The predicted molar refractivity (Wildman–Crippen MR) is 99.3 cm³/mol. The molecule has 148 valence electrons. The molecule has 0 aromatic heterocycles. The van der Waals surface area contributed by atoms with Crippen LogP contribution in [0.3, 0.4) is 0 Å². The third kappa shape index (κ3) is 6.08. The van der Waals surface area contributed by atoms with E-state index in [1.165, 1.54) is 32.2 Å². The van der Waals surface area contributed by atoms with Crippen molar-refractivity contribution in [3.05, 3.63) is 60.2 Å². The van der Waals surface area contributed by atoms with Gasteiger partial charge >= 0.3 is 12.6 Å². The smallest absolute Gasteiger partial charge is 0.387 e. The second-order valence-corrected chi connectivity index (χ2v) is 5.52. The molecule has 0 radical (unpaired) electrons. The summed E-state index contributed by atoms with van der Waals surface area (Å²) in [5, 5.41) is 2.61. The van der Waals surface area contributed by atoms with Gasteiger partial charge in [-0.3, -0.25) is 4.79 Å². The lowest BCUT2D eigenvalue weighted by molar-refractivity contribution is -0.148. The van der Waals surface area contributed by atoms with E-state index < -0.39 is 24.6 Å². The number of esters is 1. The van der Waals surface area contributed by atoms with Gasteiger partial charge in [-0.1, -0.05) is 30.3 Å². The van der Waals surface area contributed by atoms with Crippen molar-refractivity contribution in [3.63, 3.8) is 0 Å². The molecule has 0 heterocycles. The minimum absolute atomic E-state index is 0.0893. The largest absolute Gasteiger partial charge is 0.493 e. The molecule has 0 bridgehead atoms. The van der Waals surface area contributed by atoms with E-state index in [0.717, 1.165) is 6.08 Å². The molecule has 1 amide bonds. The Bertz CT molecular complexity index is 840. The van der Waals surface area contributed by atoms with Crippen molar-refractivity contribution in [3.8, 4) is 11.5 Å². The normalized spacial score (nSPS) is 11.9. The Kier molecular flexibility index (Phi) is 7.50. The van der Waals surface area contributed by atoms with Crippen molar-refractivity contribution in [2.75, 3.05) is 12.4 Å². The summed E-state index contributed by atoms with van der Waals surface area (Å²) >= 11 is 0. The Hall–Kier alpha value is -3.42. The van der Waals surface area contributed by atoms with E-state index in [2.05, 4.69) is 10.1 Å². The SMILES string of the molecule is COc1cccc(/C=C/C(=O)O[C@H](C)C(=O)Nc2ccccc2)c1OC(F)F. The molecule has 0 spiro atoms. The fraction of sp³-hybridized carbons (Fsp3) is 0.200. The molecule has 8 heteroatoms. The van der Waals surface area contributed by atoms with E-state index >= 15 is 0 Å². The van der Waals surface area contributed by atoms with Crippen LogP contribution in [0.5, 0.6) is 11.5 Å². The number of hydrogen-bond acceptors (Lipinski definition) is 5. The standard InChI is InChI=1S/C20H19F2NO5/c1-13(19(25)23-15-8-4-3-5-9-15)27-17(24)12-11-14-7-6-10-16(26-2)18(14)28-20(21)22/h3-13,20H,1-2H3,(H,23,25)/b12-11+/t13-/m1/s1. The Balaban J connectivity index is 2.02. The second-order valence-electron chi connectivity index (χ2n) is 5.52. The van der Waals surface area contributed by atoms with E-state index in [1.807, 2.05) is 0 Å². The van der Waals surface area contributed by atoms with Gasteiger partial charge in [0, 0.05) is 17.3 Å². The zero-order valence-electron chi connectivity index (χ0n) is 15.2. The van der Waals surface area contributed by atoms with Crippen LogP contribution in [-0.2, 0) is 14.3 Å². The van der Waals surface area contributed by atoms with Gasteiger partial charge in [0.1, 0.15) is 0 Å². The van der Waals surface area contributed by atoms with Gasteiger partial charge in [0.05, 0.1) is 7.11 Å². The zero-order chi connectivity index (χ0) is 20.5. The van der Waals surface area contributed by atoms with E-state index in [9.17, 15) is 18.4 Å². The van der Waals surface area contributed by atoms with Crippen molar-refractivity contribution >= 4 is 23.6 Å². The number of para-hydroxylation sites is 2. The van der Waals surface area contributed by atoms with Gasteiger partial charge in [-0.2, -0.15) is 8.78 Å². The molecule has 1 N–H and O–H groups in total. The van der Waals surface area contributed by atoms with Crippen molar-refractivity contribution in [1.29, 1.82) is 0 Å². The maximum atomic E-state index is 12.6. The number of nitrogens with one attached hydrogen (secondary N) is 1. The van der Waals surface area contributed by atoms with Crippen LogP contribution >= 0.6 is 0 Å². The van der Waals surface area contributed by atoms with Crippen molar-refractivity contribution in [2.45, 2.75) is 19.6 Å². The van der Waals surface area contributed by atoms with Crippen LogP contribution in [0.15, 0.2) is 54.6 Å². The molecule has 2 aromatic rings. The topological polar surface area (TPSA) is 73.9 Å². The third-order valence-corrected chi connectivity index (χ3v) is 3.54. The van der Waals surface area contributed by atoms with Gasteiger partial charge in [-0.05, 0) is 31.2 Å². The molecule has 2 aromatic carbocycles. The Morgan fingerprint density at radius 1 is 1.07 bits per heavy atom. The summed E-state index contributed by atoms with van der Waals surface area (Å²) in [6.07, 6.45) is 1.20. The molecule has 28 heavy (non-hydrogen) atoms. The second kappa shape index (κ2) is 10.1. The van der Waals surface area contributed by atoms with Gasteiger partial charge in [0.2, 0.25) is 0 Å². The highest BCUT2D eigenvalue weighted by atomic mass is 19.3. The van der Waals surface area contributed by atoms with Gasteiger partial charge < -0.3 is 19.5 Å². The third-order valence-electron chi connectivity index (χ3n) is 3.54. The van der Waals surface area contributed by atoms with Crippen LogP contribution in [-0.4, -0.2) is 31.7 Å². The molecule has 0 aliphatic rings. The summed E-state index contributed by atoms with van der Waals surface area (Å²) in [4.78, 5) is 24.0. The minimum atomic E-state index is -3.06. The van der Waals surface area contributed by atoms with E-state index in [-0.39, 0.29) is 17.1 Å². The van der Waals surface area contributed by atoms with Gasteiger partial charge in [-0.25, -0.2) is 4.79 Å². The van der Waals surface area contributed by atoms with Crippen LogP contribution < -0.4 is 14.8 Å². The Morgan fingerprint density at radius 3 is 2.43 bits per heavy atom. The molecular weight excluding hydrogens is 372 g/mol. The monoisotopic (exact) mass is 391 g/mol. The van der Waals surface area contributed by atoms with E-state index in [1.54, 1.807) is 36.4 Å². The van der Waals surface area contributed by atoms with Crippen molar-refractivity contribution < 1.29 is 32.6 Å². The van der Waals surface area contributed by atoms with Crippen LogP contribution in [0, 0.1) is 0 Å². The lowest BCUT2D eigenvalue weighted by Gasteiger charge is -2.13. The van der Waals surface area contributed by atoms with Crippen molar-refractivity contribution in [1.82, 2.24) is 0 Å². The first-order valence-corrected chi connectivity index (χ1v) is 8.27. The van der Waals surface area contributed by atoms with Crippen molar-refractivity contribution in [2.24, 2.45) is 0 Å². The fourth-order valence-corrected chi connectivity index (χ4v) is 2.23. The quantitative estimate of drug-likeness (QED) is 0.546. The number of methoxy groups -OCH3 is 1. The Labute approximate surface area is 160 Å². The van der Waals surface area contributed by atoms with Gasteiger partial charge in [-0.15, -0.1) is 0 Å². The summed E-state index contributed by atoms with van der Waals surface area (Å²) in [7, 11) is 1.31. The highest BCUT2D eigenvalue weighted by Gasteiger charge is 2.17. The molecule has 0 aliphatic carbocycles. The van der Waals surface area contributed by atoms with Crippen LogP contribution in [0.1, 0.15) is 12.5 Å². The number of rotatable bonds is 8. The lowest BCUT2D eigenvalue weighted by atomic mass is 10.1. The number of alkyl halides is 2. The zero-order valence-corrected chi connectivity index (χ0v) is 15.2. The molecule has 2 rings (SSSR count). The highest BCUT2D eigenvalue weighted by Crippen LogP contribution is 2.33. The maximum absolute atomic E-state index is 12.6. The summed E-state index contributed by atoms with van der Waals surface area (Å²) in [6.45, 7) is -1.64. The predicted octanol–water partition coefficient (Wildman–Crippen LogP) is 3.88. The molecular formula is C20H19F2NO5. The fourth-order valence-electron chi connectivity index (χ4n) is 2.23. The molecule has 0 aliphatic heterocycles. The van der Waals surface area contributed by atoms with Crippen LogP contribution in [0.2, 0.25) is 0 Å². The number of carbonyl (C=O) groups excluding carboxylic acids is 2. The number of ether oxygens (including phenoxy) is 3. The average molecular weight is 391 g/mol. The van der Waals surface area contributed by atoms with Crippen LogP contribution in [0.4, 0.5) is 14.5 Å². The summed E-state index contributed by atoms with van der Waals surface area (Å²) in [5.74, 6) is -1.44. The highest BCUT2D eigenvalue weighted by molar-refractivity contribution is 5.96. The molecule has 0 fully saturated rings. The molecule has 0 saturated carbocycles. The average Bonchev–Trinajstić information content (AvgIpc) is 2.67. The molecule has 6 nitrogen and oxygen atoms in total. The Morgan fingerprint density at radius 2 is 1.79 bits per heavy atom. The van der Waals surface area contributed by atoms with Gasteiger partial charge in [0.15, 0.2) is 17.6 Å². The number of benzene rings is 2. The lowest BCUT2D eigenvalue weighted by Crippen LogP contribution is -2.29. The number of hydrogen-bond donors (Lipinski definition) is 1. The number of carbonyl (C=O) groups is 2. The number of halogens is 2. The molecule has 0 saturated heterocycles. The number of amides is 1. The summed E-state index contributed by atoms with van der Waals surface area (Å²) in [6, 6.07) is 13.2. The van der Waals surface area contributed by atoms with Crippen LogP contribution in [0.25, 0.3) is 6.08 Å². The molecule has 1 atom stereocenters. The number of anilines is 1. The first-order valence-electron chi connectivity index (χ1n) is 8.27. The first kappa shape index (κ1) is 20.9. The van der Waals surface area contributed by atoms with E-state index in [0.29, 0.717) is 5.69 Å². The minimum Gasteiger partial charge on any atom is -0.493 e. The first-order chi connectivity index (χ1) is 13.4. The summed E-state index contributed by atoms with van der Waals surface area (Å²) in [5.41, 5.74) is 0.758. The summed E-state index contributed by atoms with van der Waals surface area (Å²) < 4.78 is 39.7. The molecule has 0 unspecified atom stereocenters.